The van der Waals surface area contributed by atoms with Gasteiger partial charge in [-0.15, -0.1) is 0 Å². The molecule has 8 atom stereocenters. The van der Waals surface area contributed by atoms with E-state index in [1.54, 1.807) is 50.4 Å². The number of amides is 8. The number of nitrogens with one attached hydrogen (secondary N) is 8. The van der Waals surface area contributed by atoms with Crippen molar-refractivity contribution in [2.75, 3.05) is 18.1 Å². The Labute approximate surface area is 461 Å². The number of benzene rings is 3. The Hall–Kier alpha value is -7.41. The Morgan fingerprint density at radius 1 is 0.564 bits per heavy atom. The molecular formula is C54H68F2N12O8S2. The number of halogens is 2. The number of carbonyl (C=O) groups excluding carboxylic acids is 8. The highest BCUT2D eigenvalue weighted by Gasteiger charge is 2.35. The summed E-state index contributed by atoms with van der Waals surface area (Å²) in [4.78, 5) is 118. The number of hydrogen-bond acceptors (Lipinski definition) is 13. The number of thiol groups is 2. The number of carbonyl (C=O) groups is 8. The van der Waals surface area contributed by atoms with Crippen molar-refractivity contribution in [3.8, 4) is 0 Å². The molecule has 78 heavy (non-hydrogen) atoms. The highest BCUT2D eigenvalue weighted by atomic mass is 32.1. The lowest BCUT2D eigenvalue weighted by Crippen LogP contribution is -2.61. The molecule has 0 aliphatic rings. The molecule has 24 heteroatoms. The smallest absolute Gasteiger partial charge is 0.244 e. The van der Waals surface area contributed by atoms with E-state index < -0.39 is 113 Å². The maximum atomic E-state index is 14.7. The van der Waals surface area contributed by atoms with Gasteiger partial charge in [-0.25, -0.2) is 8.78 Å². The van der Waals surface area contributed by atoms with Crippen molar-refractivity contribution < 1.29 is 47.1 Å². The topological polar surface area (TPSA) is 328 Å². The van der Waals surface area contributed by atoms with Crippen LogP contribution in [0.25, 0.3) is 10.9 Å². The molecule has 14 N–H and O–H groups in total. The van der Waals surface area contributed by atoms with Crippen LogP contribution in [0.3, 0.4) is 0 Å². The second kappa shape index (κ2) is 30.5. The number of fused-ring (bicyclic) bond motifs is 1. The summed E-state index contributed by atoms with van der Waals surface area (Å²) < 4.78 is 28.9. The van der Waals surface area contributed by atoms with Crippen molar-refractivity contribution >= 4 is 83.4 Å². The average Bonchev–Trinajstić information content (AvgIpc) is 3.88. The van der Waals surface area contributed by atoms with Gasteiger partial charge in [0.2, 0.25) is 47.3 Å². The number of nitrogens with two attached hydrogens (primary N) is 3. The highest BCUT2D eigenvalue weighted by molar-refractivity contribution is 7.80. The summed E-state index contributed by atoms with van der Waals surface area (Å²) >= 11 is 8.52. The lowest BCUT2D eigenvalue weighted by Gasteiger charge is -2.29. The molecule has 5 rings (SSSR count). The van der Waals surface area contributed by atoms with Crippen LogP contribution in [0.4, 0.5) is 8.78 Å². The van der Waals surface area contributed by atoms with Crippen molar-refractivity contribution in [3.05, 3.63) is 137 Å². The van der Waals surface area contributed by atoms with Gasteiger partial charge >= 0.3 is 0 Å². The second-order valence-corrected chi connectivity index (χ2v) is 19.7. The first kappa shape index (κ1) is 61.4. The second-order valence-electron chi connectivity index (χ2n) is 19.0. The van der Waals surface area contributed by atoms with Crippen molar-refractivity contribution in [1.82, 2.24) is 47.2 Å². The van der Waals surface area contributed by atoms with E-state index in [2.05, 4.69) is 72.4 Å². The summed E-state index contributed by atoms with van der Waals surface area (Å²) in [6.45, 7) is 3.54. The van der Waals surface area contributed by atoms with Gasteiger partial charge in [0.25, 0.3) is 0 Å². The zero-order valence-electron chi connectivity index (χ0n) is 43.2. The van der Waals surface area contributed by atoms with Crippen LogP contribution in [0.15, 0.2) is 104 Å². The molecule has 0 aliphatic heterocycles. The lowest BCUT2D eigenvalue weighted by atomic mass is 10.00. The van der Waals surface area contributed by atoms with Crippen LogP contribution in [0.2, 0.25) is 0 Å². The fourth-order valence-electron chi connectivity index (χ4n) is 8.36. The minimum Gasteiger partial charge on any atom is -0.368 e. The molecular weight excluding hydrogens is 1050 g/mol. The van der Waals surface area contributed by atoms with Crippen molar-refractivity contribution in [2.45, 2.75) is 107 Å². The predicted molar refractivity (Wildman–Crippen MR) is 296 cm³/mol. The van der Waals surface area contributed by atoms with E-state index in [0.717, 1.165) is 10.9 Å². The fourth-order valence-corrected chi connectivity index (χ4v) is 8.88. The first-order valence-corrected chi connectivity index (χ1v) is 26.6. The van der Waals surface area contributed by atoms with Crippen LogP contribution in [0, 0.1) is 17.6 Å². The molecule has 0 fully saturated rings. The number of rotatable bonds is 30. The summed E-state index contributed by atoms with van der Waals surface area (Å²) in [5.74, 6) is -8.88. The quantitative estimate of drug-likeness (QED) is 0.0227. The Morgan fingerprint density at radius 3 is 1.63 bits per heavy atom. The van der Waals surface area contributed by atoms with Crippen LogP contribution in [-0.4, -0.2) is 124 Å². The van der Waals surface area contributed by atoms with E-state index in [1.807, 2.05) is 18.2 Å². The monoisotopic (exact) mass is 1110 g/mol. The summed E-state index contributed by atoms with van der Waals surface area (Å²) in [5, 5.41) is 19.2. The number of aromatic nitrogens is 2. The van der Waals surface area contributed by atoms with E-state index >= 15 is 0 Å². The molecule has 0 radical (unpaired) electrons. The number of primary amides is 1. The summed E-state index contributed by atoms with van der Waals surface area (Å²) in [7, 11) is 0. The molecule has 20 nitrogen and oxygen atoms in total. The summed E-state index contributed by atoms with van der Waals surface area (Å²) in [6, 6.07) is 11.3. The summed E-state index contributed by atoms with van der Waals surface area (Å²) in [6.07, 6.45) is 4.81. The van der Waals surface area contributed by atoms with Crippen LogP contribution in [0.1, 0.15) is 55.4 Å². The van der Waals surface area contributed by atoms with Gasteiger partial charge in [0.15, 0.2) is 0 Å². The Morgan fingerprint density at radius 2 is 1.06 bits per heavy atom. The van der Waals surface area contributed by atoms with Gasteiger partial charge in [0.05, 0.1) is 6.04 Å². The SMILES string of the molecule is CC(C)[C@H](NC(=O)[C@H](CCCCN)NC(=O)[C@@H](Cc1c[nH]c2ccccc12)NC(=O)[C@H](Cc1cccnc1)NC(=O)[C@@H](CS)NC(=O)[C@@H](N)Cc1ccccc1F)C(=O)N[C@@H](CS)C(=O)N[C@@H](Cc1ccccc1F)C(N)=O. The number of hydrogen-bond donors (Lipinski definition) is 13. The van der Waals surface area contributed by atoms with Gasteiger partial charge < -0.3 is 59.4 Å². The molecule has 5 aromatic rings. The number of nitrogens with zero attached hydrogens (tertiary/aromatic N) is 1. The normalized spacial score (nSPS) is 14.3. The van der Waals surface area contributed by atoms with E-state index in [-0.39, 0.29) is 61.3 Å². The minimum absolute atomic E-state index is 0.0353. The summed E-state index contributed by atoms with van der Waals surface area (Å²) in [5.41, 5.74) is 19.7. The molecule has 0 bridgehead atoms. The van der Waals surface area contributed by atoms with E-state index in [1.165, 1.54) is 48.8 Å². The van der Waals surface area contributed by atoms with Gasteiger partial charge in [0.1, 0.15) is 53.9 Å². The van der Waals surface area contributed by atoms with Gasteiger partial charge in [0, 0.05) is 60.3 Å². The zero-order chi connectivity index (χ0) is 56.9. The van der Waals surface area contributed by atoms with Gasteiger partial charge in [-0.3, -0.25) is 43.3 Å². The molecule has 8 amide bonds. The maximum absolute atomic E-state index is 14.7. The number of pyridine rings is 1. The highest BCUT2D eigenvalue weighted by Crippen LogP contribution is 2.20. The molecule has 0 aliphatic carbocycles. The van der Waals surface area contributed by atoms with Crippen molar-refractivity contribution in [1.29, 1.82) is 0 Å². The Balaban J connectivity index is 1.37. The molecule has 0 spiro atoms. The van der Waals surface area contributed by atoms with Crippen molar-refractivity contribution in [2.24, 2.45) is 23.1 Å². The van der Waals surface area contributed by atoms with Crippen LogP contribution in [0.5, 0.6) is 0 Å². The van der Waals surface area contributed by atoms with Crippen LogP contribution in [-0.2, 0) is 64.0 Å². The molecule has 2 aromatic heterocycles. The minimum atomic E-state index is -1.41. The number of H-pyrrole nitrogens is 1. The number of aromatic amines is 1. The largest absolute Gasteiger partial charge is 0.368 e. The molecule has 0 unspecified atom stereocenters. The fraction of sp³-hybridized carbons (Fsp3) is 0.389. The first-order valence-electron chi connectivity index (χ1n) is 25.3. The average molecular weight is 1120 g/mol. The molecule has 418 valence electrons. The zero-order valence-corrected chi connectivity index (χ0v) is 45.0. The predicted octanol–water partition coefficient (Wildman–Crippen LogP) is 0.963. The maximum Gasteiger partial charge on any atom is 0.244 e. The lowest BCUT2D eigenvalue weighted by molar-refractivity contribution is -0.136. The van der Waals surface area contributed by atoms with Gasteiger partial charge in [-0.1, -0.05) is 74.5 Å². The van der Waals surface area contributed by atoms with E-state index in [9.17, 15) is 47.1 Å². The molecule has 2 heterocycles. The van der Waals surface area contributed by atoms with Gasteiger partial charge in [-0.2, -0.15) is 25.3 Å². The first-order chi connectivity index (χ1) is 37.3. The molecule has 3 aromatic carbocycles. The van der Waals surface area contributed by atoms with Crippen molar-refractivity contribution in [3.63, 3.8) is 0 Å². The Bertz CT molecular complexity index is 2860. The third-order valence-electron chi connectivity index (χ3n) is 12.8. The van der Waals surface area contributed by atoms with E-state index in [0.29, 0.717) is 24.0 Å². The molecule has 0 saturated heterocycles. The van der Waals surface area contributed by atoms with Gasteiger partial charge in [-0.05, 0) is 84.7 Å². The Kier molecular flexibility index (Phi) is 24.0. The van der Waals surface area contributed by atoms with Crippen LogP contribution < -0.4 is 54.4 Å². The number of para-hydroxylation sites is 1. The third kappa shape index (κ3) is 18.1. The standard InChI is InChI=1S/C54H68F2N12O8S2/c1-30(2)46(54(76)67-45(29-78)52(74)63-41(47(59)69)24-33-14-4-7-17-37(33)56)68-49(71)40(19-9-10-20-57)62-51(73)43(25-34-27-61-39-18-8-5-15-35(34)39)65-50(72)42(22-31-12-11-21-60-26-31)64-53(75)44(28-77)66-48(70)38(58)23-32-13-3-6-16-36(32)55/h3-8,11-18,21,26-27,30,38,40-46,61,77-78H,9-10,19-20,22-25,28-29,57-58H2,1-2H3,(H2,59,69)(H,62,73)(H,63,74)(H,64,75)(H,65,72)(H,66,70)(H,67,76)(H,68,71)/t38-,40-,41-,42-,43+,44+,45-,46-/m0/s1. The third-order valence-corrected chi connectivity index (χ3v) is 13.5. The van der Waals surface area contributed by atoms with Crippen LogP contribution >= 0.6 is 25.3 Å². The number of unbranched alkanes of at least 4 members (excludes halogenated alkanes) is 1. The van der Waals surface area contributed by atoms with E-state index in [4.69, 9.17) is 17.2 Å². The molecule has 0 saturated carbocycles.